The second-order valence-electron chi connectivity index (χ2n) is 3.45. The van der Waals surface area contributed by atoms with E-state index in [0.717, 1.165) is 6.54 Å². The van der Waals surface area contributed by atoms with Crippen LogP contribution in [0.25, 0.3) is 11.5 Å². The zero-order valence-corrected chi connectivity index (χ0v) is 10.8. The lowest BCUT2D eigenvalue weighted by Crippen LogP contribution is -2.12. The highest BCUT2D eigenvalue weighted by Gasteiger charge is 2.10. The zero-order chi connectivity index (χ0) is 12.3. The Balaban J connectivity index is 2.24. The highest BCUT2D eigenvalue weighted by molar-refractivity contribution is 9.10. The van der Waals surface area contributed by atoms with E-state index in [4.69, 9.17) is 4.52 Å². The Morgan fingerprint density at radius 3 is 2.94 bits per heavy atom. The first-order chi connectivity index (χ1) is 8.19. The molecule has 6 heteroatoms. The van der Waals surface area contributed by atoms with E-state index >= 15 is 0 Å². The Labute approximate surface area is 106 Å². The van der Waals surface area contributed by atoms with Gasteiger partial charge in [0.15, 0.2) is 5.82 Å². The van der Waals surface area contributed by atoms with Crippen LogP contribution in [0.4, 0.5) is 4.39 Å². The Morgan fingerprint density at radius 2 is 2.24 bits per heavy atom. The lowest BCUT2D eigenvalue weighted by molar-refractivity contribution is 0.419. The number of halogens is 2. The first-order valence-corrected chi connectivity index (χ1v) is 5.98. The summed E-state index contributed by atoms with van der Waals surface area (Å²) in [4.78, 5) is 4.17. The van der Waals surface area contributed by atoms with Gasteiger partial charge in [0.05, 0.1) is 6.54 Å². The summed E-state index contributed by atoms with van der Waals surface area (Å²) in [5.41, 5.74) is 0.562. The van der Waals surface area contributed by atoms with E-state index < -0.39 is 0 Å². The molecule has 1 heterocycles. The van der Waals surface area contributed by atoms with E-state index in [1.165, 1.54) is 12.1 Å². The summed E-state index contributed by atoms with van der Waals surface area (Å²) < 4.78 is 18.9. The summed E-state index contributed by atoms with van der Waals surface area (Å²) in [6.45, 7) is 3.36. The molecule has 0 spiro atoms. The summed E-state index contributed by atoms with van der Waals surface area (Å²) in [5, 5.41) is 6.89. The third-order valence-electron chi connectivity index (χ3n) is 2.11. The van der Waals surface area contributed by atoms with Crippen LogP contribution in [0.5, 0.6) is 0 Å². The van der Waals surface area contributed by atoms with Crippen molar-refractivity contribution in [2.45, 2.75) is 13.5 Å². The second kappa shape index (κ2) is 5.37. The molecule has 0 unspecified atom stereocenters. The molecule has 2 rings (SSSR count). The molecule has 0 bridgehead atoms. The predicted octanol–water partition coefficient (Wildman–Crippen LogP) is 2.75. The monoisotopic (exact) mass is 299 g/mol. The van der Waals surface area contributed by atoms with Crippen LogP contribution in [0.1, 0.15) is 12.7 Å². The standard InChI is InChI=1S/C11H11BrFN3O/c1-2-14-6-10-15-11(17-16-10)7-3-8(12)5-9(13)4-7/h3-5,14H,2,6H2,1H3. The van der Waals surface area contributed by atoms with Crippen molar-refractivity contribution in [1.29, 1.82) is 0 Å². The minimum absolute atomic E-state index is 0.318. The molecular formula is C11H11BrFN3O. The molecule has 0 saturated heterocycles. The first-order valence-electron chi connectivity index (χ1n) is 5.19. The molecule has 0 radical (unpaired) electrons. The highest BCUT2D eigenvalue weighted by Crippen LogP contribution is 2.23. The Hall–Kier alpha value is -1.27. The van der Waals surface area contributed by atoms with Gasteiger partial charge in [-0.05, 0) is 24.7 Å². The van der Waals surface area contributed by atoms with Crippen molar-refractivity contribution in [1.82, 2.24) is 15.5 Å². The molecule has 0 aliphatic heterocycles. The Morgan fingerprint density at radius 1 is 1.41 bits per heavy atom. The van der Waals surface area contributed by atoms with Crippen molar-refractivity contribution in [2.24, 2.45) is 0 Å². The predicted molar refractivity (Wildman–Crippen MR) is 64.8 cm³/mol. The van der Waals surface area contributed by atoms with Crippen LogP contribution in [0.15, 0.2) is 27.2 Å². The van der Waals surface area contributed by atoms with Crippen LogP contribution in [0.3, 0.4) is 0 Å². The second-order valence-corrected chi connectivity index (χ2v) is 4.37. The van der Waals surface area contributed by atoms with Crippen molar-refractivity contribution < 1.29 is 8.91 Å². The molecule has 0 aliphatic carbocycles. The maximum Gasteiger partial charge on any atom is 0.258 e. The topological polar surface area (TPSA) is 51.0 Å². The number of benzene rings is 1. The van der Waals surface area contributed by atoms with Crippen molar-refractivity contribution in [2.75, 3.05) is 6.54 Å². The van der Waals surface area contributed by atoms with Crippen molar-refractivity contribution in [3.05, 3.63) is 34.3 Å². The normalized spacial score (nSPS) is 10.8. The van der Waals surface area contributed by atoms with E-state index in [1.54, 1.807) is 6.07 Å². The fraction of sp³-hybridized carbons (Fsp3) is 0.273. The van der Waals surface area contributed by atoms with Gasteiger partial charge in [-0.15, -0.1) is 0 Å². The van der Waals surface area contributed by atoms with E-state index in [0.29, 0.717) is 28.3 Å². The maximum absolute atomic E-state index is 13.2. The van der Waals surface area contributed by atoms with E-state index in [9.17, 15) is 4.39 Å². The van der Waals surface area contributed by atoms with Crippen molar-refractivity contribution >= 4 is 15.9 Å². The van der Waals surface area contributed by atoms with Gasteiger partial charge in [-0.25, -0.2) is 4.39 Å². The molecule has 4 nitrogen and oxygen atoms in total. The first kappa shape index (κ1) is 12.2. The molecule has 0 atom stereocenters. The maximum atomic E-state index is 13.2. The molecule has 1 N–H and O–H groups in total. The lowest BCUT2D eigenvalue weighted by Gasteiger charge is -1.96. The third-order valence-corrected chi connectivity index (χ3v) is 2.57. The number of hydrogen-bond donors (Lipinski definition) is 1. The fourth-order valence-electron chi connectivity index (χ4n) is 1.36. The molecule has 1 aromatic carbocycles. The highest BCUT2D eigenvalue weighted by atomic mass is 79.9. The van der Waals surface area contributed by atoms with Crippen LogP contribution in [0.2, 0.25) is 0 Å². The molecular weight excluding hydrogens is 289 g/mol. The Bertz CT molecular complexity index is 495. The average molecular weight is 300 g/mol. The summed E-state index contributed by atoms with van der Waals surface area (Å²) in [7, 11) is 0. The molecule has 0 aliphatic rings. The molecule has 17 heavy (non-hydrogen) atoms. The number of nitrogens with one attached hydrogen (secondary N) is 1. The lowest BCUT2D eigenvalue weighted by atomic mass is 10.2. The van der Waals surface area contributed by atoms with Gasteiger partial charge in [0.1, 0.15) is 5.82 Å². The molecule has 2 aromatic rings. The van der Waals surface area contributed by atoms with Gasteiger partial charge in [-0.2, -0.15) is 4.98 Å². The van der Waals surface area contributed by atoms with Gasteiger partial charge in [-0.3, -0.25) is 0 Å². The SMILES string of the molecule is CCNCc1noc(-c2cc(F)cc(Br)c2)n1. The fourth-order valence-corrected chi connectivity index (χ4v) is 1.82. The smallest absolute Gasteiger partial charge is 0.258 e. The van der Waals surface area contributed by atoms with Gasteiger partial charge >= 0.3 is 0 Å². The van der Waals surface area contributed by atoms with Crippen LogP contribution in [-0.4, -0.2) is 16.7 Å². The van der Waals surface area contributed by atoms with Gasteiger partial charge in [-0.1, -0.05) is 28.0 Å². The van der Waals surface area contributed by atoms with E-state index in [2.05, 4.69) is 31.4 Å². The van der Waals surface area contributed by atoms with E-state index in [-0.39, 0.29) is 5.82 Å². The third kappa shape index (κ3) is 3.10. The Kier molecular flexibility index (Phi) is 3.86. The number of aromatic nitrogens is 2. The largest absolute Gasteiger partial charge is 0.334 e. The molecule has 0 fully saturated rings. The van der Waals surface area contributed by atoms with Crippen LogP contribution in [0, 0.1) is 5.82 Å². The summed E-state index contributed by atoms with van der Waals surface area (Å²) >= 11 is 3.22. The van der Waals surface area contributed by atoms with Crippen LogP contribution in [-0.2, 0) is 6.54 Å². The average Bonchev–Trinajstić information content (AvgIpc) is 2.73. The van der Waals surface area contributed by atoms with Gasteiger partial charge < -0.3 is 9.84 Å². The van der Waals surface area contributed by atoms with Crippen LogP contribution < -0.4 is 5.32 Å². The van der Waals surface area contributed by atoms with Gasteiger partial charge in [0, 0.05) is 10.0 Å². The van der Waals surface area contributed by atoms with Crippen molar-refractivity contribution in [3.63, 3.8) is 0 Å². The number of hydrogen-bond acceptors (Lipinski definition) is 4. The summed E-state index contributed by atoms with van der Waals surface area (Å²) in [6.07, 6.45) is 0. The molecule has 90 valence electrons. The van der Waals surface area contributed by atoms with Gasteiger partial charge in [0.25, 0.3) is 5.89 Å². The summed E-state index contributed by atoms with van der Waals surface area (Å²) in [6, 6.07) is 4.46. The van der Waals surface area contributed by atoms with Gasteiger partial charge in [0.2, 0.25) is 0 Å². The molecule has 1 aromatic heterocycles. The minimum atomic E-state index is -0.346. The molecule has 0 amide bonds. The van der Waals surface area contributed by atoms with Crippen molar-refractivity contribution in [3.8, 4) is 11.5 Å². The zero-order valence-electron chi connectivity index (χ0n) is 9.20. The summed E-state index contributed by atoms with van der Waals surface area (Å²) in [5.74, 6) is 0.529. The number of nitrogens with zero attached hydrogens (tertiary/aromatic N) is 2. The van der Waals surface area contributed by atoms with E-state index in [1.807, 2.05) is 6.92 Å². The van der Waals surface area contributed by atoms with Crippen LogP contribution >= 0.6 is 15.9 Å². The molecule has 0 saturated carbocycles. The minimum Gasteiger partial charge on any atom is -0.334 e. The quantitative estimate of drug-likeness (QED) is 0.943. The number of rotatable bonds is 4.